The first-order chi connectivity index (χ1) is 5.76. The van der Waals surface area contributed by atoms with E-state index in [0.717, 1.165) is 6.42 Å². The lowest BCUT2D eigenvalue weighted by atomic mass is 9.98. The quantitative estimate of drug-likeness (QED) is 0.426. The summed E-state index contributed by atoms with van der Waals surface area (Å²) in [5.41, 5.74) is 0. The van der Waals surface area contributed by atoms with E-state index in [4.69, 9.17) is 18.5 Å². The van der Waals surface area contributed by atoms with Gasteiger partial charge in [0.05, 0.1) is 7.85 Å². The summed E-state index contributed by atoms with van der Waals surface area (Å²) in [5, 5.41) is 0. The Bertz CT molecular complexity index is 132. The van der Waals surface area contributed by atoms with Gasteiger partial charge in [0.15, 0.2) is 5.78 Å². The SMILES string of the molecule is [B]CC(=O)C(CON)OCCC. The largest absolute Gasteiger partial charge is 0.368 e. The van der Waals surface area contributed by atoms with Crippen LogP contribution in [-0.2, 0) is 14.4 Å². The molecular weight excluding hydrogens is 157 g/mol. The number of hydrogen-bond donors (Lipinski definition) is 1. The van der Waals surface area contributed by atoms with Crippen molar-refractivity contribution in [2.24, 2.45) is 5.90 Å². The van der Waals surface area contributed by atoms with Crippen LogP contribution in [0.25, 0.3) is 0 Å². The van der Waals surface area contributed by atoms with Gasteiger partial charge < -0.3 is 9.57 Å². The van der Waals surface area contributed by atoms with Crippen molar-refractivity contribution in [1.82, 2.24) is 0 Å². The smallest absolute Gasteiger partial charge is 0.155 e. The highest BCUT2D eigenvalue weighted by Gasteiger charge is 2.16. The van der Waals surface area contributed by atoms with Crippen LogP contribution in [0, 0.1) is 0 Å². The van der Waals surface area contributed by atoms with Gasteiger partial charge in [-0.3, -0.25) is 4.79 Å². The normalized spacial score (nSPS) is 12.8. The van der Waals surface area contributed by atoms with Crippen LogP contribution in [-0.4, -0.2) is 32.9 Å². The van der Waals surface area contributed by atoms with E-state index in [1.807, 2.05) is 6.92 Å². The molecule has 0 saturated carbocycles. The Morgan fingerprint density at radius 1 is 1.67 bits per heavy atom. The van der Waals surface area contributed by atoms with Crippen LogP contribution < -0.4 is 5.90 Å². The highest BCUT2D eigenvalue weighted by Crippen LogP contribution is 1.98. The summed E-state index contributed by atoms with van der Waals surface area (Å²) in [7, 11) is 5.15. The Hall–Kier alpha value is -0.385. The third-order valence-corrected chi connectivity index (χ3v) is 1.33. The Labute approximate surface area is 73.8 Å². The third-order valence-electron chi connectivity index (χ3n) is 1.33. The number of ketones is 1. The fourth-order valence-electron chi connectivity index (χ4n) is 0.713. The molecule has 0 spiro atoms. The maximum Gasteiger partial charge on any atom is 0.155 e. The zero-order valence-corrected chi connectivity index (χ0v) is 7.29. The van der Waals surface area contributed by atoms with Crippen molar-refractivity contribution in [3.63, 3.8) is 0 Å². The number of hydrogen-bond acceptors (Lipinski definition) is 4. The van der Waals surface area contributed by atoms with Crippen molar-refractivity contribution in [2.45, 2.75) is 25.8 Å². The topological polar surface area (TPSA) is 61.5 Å². The van der Waals surface area contributed by atoms with Crippen molar-refractivity contribution in [2.75, 3.05) is 13.2 Å². The number of carbonyl (C=O) groups is 1. The van der Waals surface area contributed by atoms with Gasteiger partial charge in [-0.25, -0.2) is 5.90 Å². The number of carbonyl (C=O) groups excluding carboxylic acids is 1. The molecule has 4 nitrogen and oxygen atoms in total. The molecule has 0 saturated heterocycles. The lowest BCUT2D eigenvalue weighted by molar-refractivity contribution is -0.132. The number of ether oxygens (including phenoxy) is 1. The molecule has 0 heterocycles. The molecule has 0 aromatic carbocycles. The van der Waals surface area contributed by atoms with Crippen molar-refractivity contribution in [1.29, 1.82) is 0 Å². The summed E-state index contributed by atoms with van der Waals surface area (Å²) in [6.07, 6.45) is 0.191. The van der Waals surface area contributed by atoms with Gasteiger partial charge in [-0.2, -0.15) is 0 Å². The second kappa shape index (κ2) is 7.27. The molecule has 12 heavy (non-hydrogen) atoms. The van der Waals surface area contributed by atoms with Crippen LogP contribution in [0.15, 0.2) is 0 Å². The average Bonchev–Trinajstić information content (AvgIpc) is 2.11. The summed E-state index contributed by atoms with van der Waals surface area (Å²) in [4.78, 5) is 15.3. The zero-order chi connectivity index (χ0) is 9.40. The summed E-state index contributed by atoms with van der Waals surface area (Å²) < 4.78 is 5.15. The molecule has 1 unspecified atom stereocenters. The first kappa shape index (κ1) is 11.6. The molecule has 0 fully saturated rings. The first-order valence-electron chi connectivity index (χ1n) is 3.92. The second-order valence-electron chi connectivity index (χ2n) is 2.36. The molecule has 0 aromatic heterocycles. The van der Waals surface area contributed by atoms with Gasteiger partial charge in [0, 0.05) is 6.61 Å². The molecule has 0 aliphatic heterocycles. The molecular formula is C7H14BNO3. The highest BCUT2D eigenvalue weighted by molar-refractivity contribution is 6.21. The van der Waals surface area contributed by atoms with Crippen LogP contribution in [0.5, 0.6) is 0 Å². The van der Waals surface area contributed by atoms with Crippen molar-refractivity contribution in [3.05, 3.63) is 0 Å². The third kappa shape index (κ3) is 4.48. The Morgan fingerprint density at radius 2 is 2.33 bits per heavy atom. The van der Waals surface area contributed by atoms with Gasteiger partial charge in [-0.05, 0) is 12.7 Å². The molecule has 68 valence electrons. The lowest BCUT2D eigenvalue weighted by Crippen LogP contribution is -2.30. The maximum absolute atomic E-state index is 11.0. The van der Waals surface area contributed by atoms with Gasteiger partial charge in [-0.15, -0.1) is 0 Å². The van der Waals surface area contributed by atoms with Gasteiger partial charge in [0.1, 0.15) is 12.7 Å². The molecule has 0 aliphatic carbocycles. The van der Waals surface area contributed by atoms with Gasteiger partial charge >= 0.3 is 0 Å². The summed E-state index contributed by atoms with van der Waals surface area (Å²) in [6, 6.07) is 0. The van der Waals surface area contributed by atoms with E-state index in [1.54, 1.807) is 0 Å². The minimum atomic E-state index is -0.611. The second-order valence-corrected chi connectivity index (χ2v) is 2.36. The maximum atomic E-state index is 11.0. The fourth-order valence-corrected chi connectivity index (χ4v) is 0.713. The van der Waals surface area contributed by atoms with Crippen LogP contribution >= 0.6 is 0 Å². The van der Waals surface area contributed by atoms with Gasteiger partial charge in [-0.1, -0.05) is 6.92 Å². The van der Waals surface area contributed by atoms with E-state index >= 15 is 0 Å². The molecule has 0 amide bonds. The highest BCUT2D eigenvalue weighted by atomic mass is 16.6. The Balaban J connectivity index is 3.76. The van der Waals surface area contributed by atoms with E-state index in [9.17, 15) is 4.79 Å². The number of rotatable bonds is 7. The van der Waals surface area contributed by atoms with Crippen molar-refractivity contribution < 1.29 is 14.4 Å². The summed E-state index contributed by atoms with van der Waals surface area (Å²) >= 11 is 0. The zero-order valence-electron chi connectivity index (χ0n) is 7.29. The molecule has 0 aliphatic rings. The van der Waals surface area contributed by atoms with Crippen LogP contribution in [0.4, 0.5) is 0 Å². The minimum absolute atomic E-state index is 0.0439. The summed E-state index contributed by atoms with van der Waals surface area (Å²) in [5.74, 6) is 4.63. The molecule has 5 heteroatoms. The van der Waals surface area contributed by atoms with E-state index in [2.05, 4.69) is 4.84 Å². The monoisotopic (exact) mass is 171 g/mol. The molecule has 2 radical (unpaired) electrons. The molecule has 0 bridgehead atoms. The first-order valence-corrected chi connectivity index (χ1v) is 3.92. The van der Waals surface area contributed by atoms with Crippen LogP contribution in [0.2, 0.25) is 6.32 Å². The van der Waals surface area contributed by atoms with E-state index in [0.29, 0.717) is 6.61 Å². The van der Waals surface area contributed by atoms with Gasteiger partial charge in [0.25, 0.3) is 0 Å². The van der Waals surface area contributed by atoms with Crippen molar-refractivity contribution >= 4 is 13.6 Å². The molecule has 1 atom stereocenters. The molecule has 0 aromatic rings. The number of nitrogens with two attached hydrogens (primary N) is 1. The van der Waals surface area contributed by atoms with E-state index in [-0.39, 0.29) is 18.7 Å². The van der Waals surface area contributed by atoms with E-state index in [1.165, 1.54) is 0 Å². The van der Waals surface area contributed by atoms with Crippen molar-refractivity contribution in [3.8, 4) is 0 Å². The van der Waals surface area contributed by atoms with Gasteiger partial charge in [0.2, 0.25) is 0 Å². The Kier molecular flexibility index (Phi) is 7.04. The lowest BCUT2D eigenvalue weighted by Gasteiger charge is -2.13. The van der Waals surface area contributed by atoms with E-state index < -0.39 is 6.10 Å². The average molecular weight is 171 g/mol. The predicted molar refractivity (Wildman–Crippen MR) is 45.7 cm³/mol. The van der Waals surface area contributed by atoms with Crippen LogP contribution in [0.1, 0.15) is 13.3 Å². The molecule has 2 N–H and O–H groups in total. The predicted octanol–water partition coefficient (Wildman–Crippen LogP) is -0.172. The number of Topliss-reactive ketones (excluding diaryl/α,β-unsaturated/α-hetero) is 1. The minimum Gasteiger partial charge on any atom is -0.368 e. The fraction of sp³-hybridized carbons (Fsp3) is 0.857. The summed E-state index contributed by atoms with van der Waals surface area (Å²) in [6.45, 7) is 2.53. The standard InChI is InChI=1S/C7H14BNO3/c1-2-3-11-7(5-12-9)6(10)4-8/h7H,2-5,9H2,1H3. The molecule has 0 rings (SSSR count). The van der Waals surface area contributed by atoms with Crippen LogP contribution in [0.3, 0.4) is 0 Å². The Morgan fingerprint density at radius 3 is 2.75 bits per heavy atom.